The molecule has 2 heterocycles. The van der Waals surface area contributed by atoms with Gasteiger partial charge < -0.3 is 13.8 Å². The Balaban J connectivity index is 1.72. The van der Waals surface area contributed by atoms with Crippen LogP contribution in [0.5, 0.6) is 5.75 Å². The van der Waals surface area contributed by atoms with E-state index in [9.17, 15) is 4.39 Å². The first-order valence-corrected chi connectivity index (χ1v) is 9.75. The lowest BCUT2D eigenvalue weighted by Crippen LogP contribution is -2.38. The van der Waals surface area contributed by atoms with Gasteiger partial charge in [0.25, 0.3) is 0 Å². The Morgan fingerprint density at radius 3 is 2.68 bits per heavy atom. The van der Waals surface area contributed by atoms with Gasteiger partial charge in [-0.3, -0.25) is 0 Å². The van der Waals surface area contributed by atoms with E-state index in [4.69, 9.17) is 32.7 Å². The Morgan fingerprint density at radius 1 is 1.16 bits per heavy atom. The SMILES string of the molecule is Fc1cc(N2CCCS2)cc(-c2cc(Cl)cc(OC3COC3)c2)c1Cl. The molecule has 0 radical (unpaired) electrons. The molecule has 2 aromatic carbocycles. The summed E-state index contributed by atoms with van der Waals surface area (Å²) in [5, 5.41) is 0.610. The third-order valence-electron chi connectivity index (χ3n) is 4.15. The van der Waals surface area contributed by atoms with Crippen molar-refractivity contribution >= 4 is 40.8 Å². The summed E-state index contributed by atoms with van der Waals surface area (Å²) in [5.74, 6) is 1.24. The van der Waals surface area contributed by atoms with Crippen LogP contribution in [0.4, 0.5) is 10.1 Å². The van der Waals surface area contributed by atoms with Gasteiger partial charge in [-0.05, 0) is 54.3 Å². The summed E-state index contributed by atoms with van der Waals surface area (Å²) in [7, 11) is 0. The molecule has 0 amide bonds. The van der Waals surface area contributed by atoms with Crippen LogP contribution in [0.3, 0.4) is 0 Å². The number of nitrogens with zero attached hydrogens (tertiary/aromatic N) is 1. The average Bonchev–Trinajstić information content (AvgIpc) is 3.07. The van der Waals surface area contributed by atoms with Gasteiger partial charge in [0.15, 0.2) is 0 Å². The Kier molecular flexibility index (Phi) is 5.00. The van der Waals surface area contributed by atoms with Gasteiger partial charge in [-0.1, -0.05) is 23.2 Å². The van der Waals surface area contributed by atoms with Gasteiger partial charge in [0.05, 0.1) is 23.9 Å². The highest BCUT2D eigenvalue weighted by atomic mass is 35.5. The van der Waals surface area contributed by atoms with Crippen LogP contribution in [0.1, 0.15) is 6.42 Å². The smallest absolute Gasteiger partial charge is 0.145 e. The molecule has 3 nitrogen and oxygen atoms in total. The predicted molar refractivity (Wildman–Crippen MR) is 102 cm³/mol. The molecule has 0 unspecified atom stereocenters. The van der Waals surface area contributed by atoms with E-state index < -0.39 is 5.82 Å². The van der Waals surface area contributed by atoms with Gasteiger partial charge in [-0.2, -0.15) is 0 Å². The van der Waals surface area contributed by atoms with Crippen LogP contribution in [-0.4, -0.2) is 31.6 Å². The number of hydrogen-bond acceptors (Lipinski definition) is 4. The van der Waals surface area contributed by atoms with Crippen molar-refractivity contribution in [3.05, 3.63) is 46.2 Å². The minimum Gasteiger partial charge on any atom is -0.486 e. The second kappa shape index (κ2) is 7.23. The normalized spacial score (nSPS) is 17.6. The maximum absolute atomic E-state index is 14.4. The van der Waals surface area contributed by atoms with Gasteiger partial charge in [0, 0.05) is 22.9 Å². The average molecular weight is 400 g/mol. The summed E-state index contributed by atoms with van der Waals surface area (Å²) in [6, 6.07) is 8.75. The van der Waals surface area contributed by atoms with Crippen LogP contribution in [0, 0.1) is 5.82 Å². The summed E-state index contributed by atoms with van der Waals surface area (Å²) >= 11 is 14.2. The molecule has 2 saturated heterocycles. The minimum atomic E-state index is -0.434. The number of benzene rings is 2. The van der Waals surface area contributed by atoms with Gasteiger partial charge in [0.2, 0.25) is 0 Å². The van der Waals surface area contributed by atoms with Crippen LogP contribution in [-0.2, 0) is 4.74 Å². The fraction of sp³-hybridized carbons (Fsp3) is 0.333. The Labute approximate surface area is 160 Å². The zero-order valence-electron chi connectivity index (χ0n) is 13.3. The molecule has 2 fully saturated rings. The van der Waals surface area contributed by atoms with Crippen LogP contribution in [0.25, 0.3) is 11.1 Å². The van der Waals surface area contributed by atoms with Crippen molar-refractivity contribution in [1.29, 1.82) is 0 Å². The van der Waals surface area contributed by atoms with Gasteiger partial charge in [-0.25, -0.2) is 4.39 Å². The molecule has 0 spiro atoms. The summed E-state index contributed by atoms with van der Waals surface area (Å²) < 4.78 is 27.5. The van der Waals surface area contributed by atoms with Crippen LogP contribution in [0.15, 0.2) is 30.3 Å². The number of halogens is 3. The van der Waals surface area contributed by atoms with Crippen molar-refractivity contribution < 1.29 is 13.9 Å². The monoisotopic (exact) mass is 399 g/mol. The second-order valence-electron chi connectivity index (χ2n) is 6.03. The Bertz CT molecular complexity index is 795. The molecule has 0 bridgehead atoms. The number of rotatable bonds is 4. The van der Waals surface area contributed by atoms with Crippen LogP contribution < -0.4 is 9.04 Å². The number of ether oxygens (including phenoxy) is 2. The Hall–Kier alpha value is -1.14. The van der Waals surface area contributed by atoms with Crippen molar-refractivity contribution in [2.24, 2.45) is 0 Å². The lowest BCUT2D eigenvalue weighted by atomic mass is 10.0. The third kappa shape index (κ3) is 3.70. The van der Waals surface area contributed by atoms with Crippen LogP contribution in [0.2, 0.25) is 10.0 Å². The standard InChI is InChI=1S/C18H16Cl2FNO2S/c19-12-4-11(5-14(6-12)24-15-9-23-10-15)16-7-13(8-17(21)18(16)20)22-2-1-3-25-22/h4-8,15H,1-3,9-10H2. The van der Waals surface area contributed by atoms with Crippen molar-refractivity contribution in [2.45, 2.75) is 12.5 Å². The molecule has 0 N–H and O–H groups in total. The molecular weight excluding hydrogens is 384 g/mol. The zero-order valence-corrected chi connectivity index (χ0v) is 15.6. The highest BCUT2D eigenvalue weighted by molar-refractivity contribution is 8.00. The maximum Gasteiger partial charge on any atom is 0.145 e. The molecule has 0 saturated carbocycles. The van der Waals surface area contributed by atoms with Crippen molar-refractivity contribution in [3.8, 4) is 16.9 Å². The highest BCUT2D eigenvalue weighted by Gasteiger charge is 2.22. The largest absolute Gasteiger partial charge is 0.486 e. The summed E-state index contributed by atoms with van der Waals surface area (Å²) in [4.78, 5) is 0. The van der Waals surface area contributed by atoms with E-state index in [0.717, 1.165) is 30.0 Å². The molecule has 4 rings (SSSR count). The van der Waals surface area contributed by atoms with Crippen molar-refractivity contribution in [2.75, 3.05) is 29.8 Å². The highest BCUT2D eigenvalue weighted by Crippen LogP contribution is 2.39. The third-order valence-corrected chi connectivity index (χ3v) is 5.92. The van der Waals surface area contributed by atoms with Gasteiger partial charge >= 0.3 is 0 Å². The molecule has 0 atom stereocenters. The van der Waals surface area contributed by atoms with Crippen molar-refractivity contribution in [1.82, 2.24) is 0 Å². The number of anilines is 1. The van der Waals surface area contributed by atoms with E-state index in [-0.39, 0.29) is 11.1 Å². The molecule has 7 heteroatoms. The van der Waals surface area contributed by atoms with E-state index in [1.54, 1.807) is 24.1 Å². The van der Waals surface area contributed by atoms with E-state index in [2.05, 4.69) is 4.31 Å². The fourth-order valence-corrected chi connectivity index (χ4v) is 4.28. The van der Waals surface area contributed by atoms with Crippen molar-refractivity contribution in [3.63, 3.8) is 0 Å². The lowest BCUT2D eigenvalue weighted by Gasteiger charge is -2.27. The summed E-state index contributed by atoms with van der Waals surface area (Å²) in [5.41, 5.74) is 2.16. The first kappa shape index (κ1) is 17.3. The fourth-order valence-electron chi connectivity index (χ4n) is 2.84. The molecule has 0 aliphatic carbocycles. The van der Waals surface area contributed by atoms with E-state index in [1.165, 1.54) is 6.07 Å². The maximum atomic E-state index is 14.4. The molecule has 2 aliphatic heterocycles. The van der Waals surface area contributed by atoms with E-state index in [1.807, 2.05) is 12.1 Å². The molecule has 2 aromatic rings. The lowest BCUT2D eigenvalue weighted by molar-refractivity contribution is -0.0796. The molecule has 132 valence electrons. The van der Waals surface area contributed by atoms with Gasteiger partial charge in [-0.15, -0.1) is 0 Å². The molecule has 0 aromatic heterocycles. The first-order chi connectivity index (χ1) is 12.1. The second-order valence-corrected chi connectivity index (χ2v) is 7.95. The summed E-state index contributed by atoms with van der Waals surface area (Å²) in [6.07, 6.45) is 1.12. The quantitative estimate of drug-likeness (QED) is 0.638. The Morgan fingerprint density at radius 2 is 2.00 bits per heavy atom. The van der Waals surface area contributed by atoms with Gasteiger partial charge in [0.1, 0.15) is 17.7 Å². The predicted octanol–water partition coefficient (Wildman–Crippen LogP) is 5.44. The number of hydrogen-bond donors (Lipinski definition) is 0. The molecular formula is C18H16Cl2FNO2S. The molecule has 25 heavy (non-hydrogen) atoms. The van der Waals surface area contributed by atoms with Crippen LogP contribution >= 0.6 is 35.1 Å². The molecule has 2 aliphatic rings. The zero-order chi connectivity index (χ0) is 17.4. The summed E-state index contributed by atoms with van der Waals surface area (Å²) in [6.45, 7) is 2.04. The minimum absolute atomic E-state index is 0.0332. The first-order valence-electron chi connectivity index (χ1n) is 8.05. The van der Waals surface area contributed by atoms with E-state index in [0.29, 0.717) is 29.5 Å². The topological polar surface area (TPSA) is 21.7 Å². The van der Waals surface area contributed by atoms with E-state index >= 15 is 0 Å².